The number of aliphatic carboxylic acids is 2. The summed E-state index contributed by atoms with van der Waals surface area (Å²) in [6.07, 6.45) is 6.72. The van der Waals surface area contributed by atoms with Crippen molar-refractivity contribution in [1.29, 1.82) is 0 Å². The molecule has 32 heavy (non-hydrogen) atoms. The van der Waals surface area contributed by atoms with E-state index >= 15 is 0 Å². The number of hydrogen-bond donors (Lipinski definition) is 2. The highest BCUT2D eigenvalue weighted by Crippen LogP contribution is 2.73. The Bertz CT molecular complexity index is 860. The quantitative estimate of drug-likeness (QED) is 0.466. The predicted octanol–water partition coefficient (Wildman–Crippen LogP) is 4.78. The van der Waals surface area contributed by atoms with Crippen LogP contribution < -0.4 is 0 Å². The highest BCUT2D eigenvalue weighted by atomic mass is 16.5. The first-order valence-electron chi connectivity index (χ1n) is 12.3. The molecule has 0 radical (unpaired) electrons. The molecule has 6 nitrogen and oxygen atoms in total. The summed E-state index contributed by atoms with van der Waals surface area (Å²) in [5.74, 6) is -3.38. The second-order valence-corrected chi connectivity index (χ2v) is 11.6. The van der Waals surface area contributed by atoms with E-state index in [1.54, 1.807) is 6.92 Å². The summed E-state index contributed by atoms with van der Waals surface area (Å²) in [4.78, 5) is 38.2. The van der Waals surface area contributed by atoms with Crippen LogP contribution in [0.2, 0.25) is 0 Å². The van der Waals surface area contributed by atoms with Gasteiger partial charge in [-0.05, 0) is 75.0 Å². The standard InChI is InChI=1S/C26H38O6/c1-6-32-22(29)19-15-12-18-24(4)9-7-10-25(5,23(30)31)17(24)8-11-26(18,20(19)21(27)28)13-16(15)14(2)3/h13-15,17-20H,6-12H2,1-5H3,(H,27,28)(H,30,31)/t15-,17+,18+,19+,20-,24-,25+,26-/m0/s1. The van der Waals surface area contributed by atoms with Crippen molar-refractivity contribution >= 4 is 17.9 Å². The third kappa shape index (κ3) is 2.93. The van der Waals surface area contributed by atoms with Crippen LogP contribution >= 0.6 is 0 Å². The largest absolute Gasteiger partial charge is 0.481 e. The molecule has 0 aromatic rings. The Morgan fingerprint density at radius 1 is 1.12 bits per heavy atom. The van der Waals surface area contributed by atoms with Gasteiger partial charge in [-0.25, -0.2) is 0 Å². The fourth-order valence-electron chi connectivity index (χ4n) is 8.79. The fraction of sp³-hybridized carbons (Fsp3) is 0.808. The lowest BCUT2D eigenvalue weighted by atomic mass is 9.34. The van der Waals surface area contributed by atoms with E-state index in [2.05, 4.69) is 26.8 Å². The molecule has 0 amide bonds. The maximum Gasteiger partial charge on any atom is 0.310 e. The fourth-order valence-corrected chi connectivity index (χ4v) is 8.79. The molecule has 0 heterocycles. The minimum Gasteiger partial charge on any atom is -0.481 e. The smallest absolute Gasteiger partial charge is 0.310 e. The van der Waals surface area contributed by atoms with Crippen molar-refractivity contribution in [2.45, 2.75) is 73.1 Å². The summed E-state index contributed by atoms with van der Waals surface area (Å²) in [6.45, 7) is 10.3. The summed E-state index contributed by atoms with van der Waals surface area (Å²) in [7, 11) is 0. The van der Waals surface area contributed by atoms with Crippen LogP contribution in [0.15, 0.2) is 11.6 Å². The Balaban J connectivity index is 1.87. The molecule has 5 aliphatic rings. The third-order valence-electron chi connectivity index (χ3n) is 9.99. The van der Waals surface area contributed by atoms with E-state index in [1.165, 1.54) is 5.57 Å². The number of hydrogen-bond acceptors (Lipinski definition) is 4. The zero-order chi connectivity index (χ0) is 23.6. The first-order chi connectivity index (χ1) is 14.9. The Kier molecular flexibility index (Phi) is 5.53. The lowest BCUT2D eigenvalue weighted by Crippen LogP contribution is -2.66. The number of carboxylic acid groups (broad SMARTS) is 2. The number of fused-ring (bicyclic) bond motifs is 2. The second-order valence-electron chi connectivity index (χ2n) is 11.6. The zero-order valence-electron chi connectivity index (χ0n) is 20.0. The first-order valence-corrected chi connectivity index (χ1v) is 12.3. The van der Waals surface area contributed by atoms with Crippen molar-refractivity contribution in [1.82, 2.24) is 0 Å². The molecule has 3 saturated carbocycles. The number of carbonyl (C=O) groups is 3. The van der Waals surface area contributed by atoms with Crippen LogP contribution in [0.3, 0.4) is 0 Å². The molecule has 3 fully saturated rings. The Hall–Kier alpha value is -1.85. The van der Waals surface area contributed by atoms with Crippen LogP contribution in [0.25, 0.3) is 0 Å². The number of rotatable bonds is 5. The molecule has 0 saturated heterocycles. The van der Waals surface area contributed by atoms with Crippen molar-refractivity contribution in [2.24, 2.45) is 51.8 Å². The van der Waals surface area contributed by atoms with Crippen LogP contribution in [-0.4, -0.2) is 34.7 Å². The molecule has 2 bridgehead atoms. The molecule has 8 atom stereocenters. The highest BCUT2D eigenvalue weighted by Gasteiger charge is 2.71. The van der Waals surface area contributed by atoms with Gasteiger partial charge in [-0.1, -0.05) is 38.8 Å². The van der Waals surface area contributed by atoms with Crippen LogP contribution in [0.4, 0.5) is 0 Å². The van der Waals surface area contributed by atoms with Crippen LogP contribution in [0.1, 0.15) is 73.1 Å². The van der Waals surface area contributed by atoms with Gasteiger partial charge in [0, 0.05) is 5.41 Å². The van der Waals surface area contributed by atoms with Gasteiger partial charge in [0.25, 0.3) is 0 Å². The van der Waals surface area contributed by atoms with Crippen LogP contribution in [0.5, 0.6) is 0 Å². The number of carbonyl (C=O) groups excluding carboxylic acids is 1. The Labute approximate surface area is 190 Å². The molecule has 5 aliphatic carbocycles. The van der Waals surface area contributed by atoms with E-state index < -0.39 is 34.6 Å². The number of ether oxygens (including phenoxy) is 1. The molecule has 0 aromatic carbocycles. The minimum atomic E-state index is -0.921. The molecule has 2 N–H and O–H groups in total. The van der Waals surface area contributed by atoms with Crippen molar-refractivity contribution in [3.63, 3.8) is 0 Å². The SMILES string of the molecule is CCOC(=O)[C@H]1[C@@H](C(=O)O)[C@@]23C=C(C(C)C)[C@@H]1C[C@@H]2[C@@]1(C)CCC[C@@](C)(C(=O)O)[C@@H]1CC3. The van der Waals surface area contributed by atoms with Crippen molar-refractivity contribution in [2.75, 3.05) is 6.61 Å². The van der Waals surface area contributed by atoms with E-state index in [0.29, 0.717) is 19.3 Å². The molecule has 6 heteroatoms. The molecule has 0 aliphatic heterocycles. The van der Waals surface area contributed by atoms with E-state index in [0.717, 1.165) is 19.3 Å². The van der Waals surface area contributed by atoms with Crippen LogP contribution in [0, 0.1) is 51.8 Å². The lowest BCUT2D eigenvalue weighted by Gasteiger charge is -2.68. The third-order valence-corrected chi connectivity index (χ3v) is 9.99. The normalized spacial score (nSPS) is 44.9. The summed E-state index contributed by atoms with van der Waals surface area (Å²) in [6, 6.07) is 0. The maximum atomic E-state index is 13.1. The van der Waals surface area contributed by atoms with Crippen molar-refractivity contribution in [3.8, 4) is 0 Å². The minimum absolute atomic E-state index is 0.0163. The molecule has 1 spiro atoms. The first kappa shape index (κ1) is 23.3. The summed E-state index contributed by atoms with van der Waals surface area (Å²) in [5.41, 5.74) is -0.473. The molecular weight excluding hydrogens is 408 g/mol. The van der Waals surface area contributed by atoms with Crippen molar-refractivity contribution in [3.05, 3.63) is 11.6 Å². The van der Waals surface area contributed by atoms with Gasteiger partial charge in [0.05, 0.1) is 23.9 Å². The topological polar surface area (TPSA) is 101 Å². The monoisotopic (exact) mass is 446 g/mol. The van der Waals surface area contributed by atoms with E-state index in [4.69, 9.17) is 4.74 Å². The van der Waals surface area contributed by atoms with E-state index in [-0.39, 0.29) is 41.7 Å². The Morgan fingerprint density at radius 2 is 1.81 bits per heavy atom. The number of allylic oxidation sites excluding steroid dienone is 2. The lowest BCUT2D eigenvalue weighted by molar-refractivity contribution is -0.208. The number of esters is 1. The van der Waals surface area contributed by atoms with Gasteiger partial charge in [0.1, 0.15) is 0 Å². The van der Waals surface area contributed by atoms with Gasteiger partial charge in [-0.3, -0.25) is 14.4 Å². The second kappa shape index (κ2) is 7.59. The van der Waals surface area contributed by atoms with Gasteiger partial charge < -0.3 is 14.9 Å². The molecule has 178 valence electrons. The summed E-state index contributed by atoms with van der Waals surface area (Å²) >= 11 is 0. The Morgan fingerprint density at radius 3 is 2.38 bits per heavy atom. The van der Waals surface area contributed by atoms with Gasteiger partial charge >= 0.3 is 17.9 Å². The molecule has 0 aromatic heterocycles. The maximum absolute atomic E-state index is 13.1. The average Bonchev–Trinajstić information content (AvgIpc) is 2.72. The highest BCUT2D eigenvalue weighted by molar-refractivity contribution is 5.84. The van der Waals surface area contributed by atoms with E-state index in [1.807, 2.05) is 6.92 Å². The molecule has 5 rings (SSSR count). The van der Waals surface area contributed by atoms with E-state index in [9.17, 15) is 24.6 Å². The molecule has 0 unspecified atom stereocenters. The van der Waals surface area contributed by atoms with Crippen molar-refractivity contribution < 1.29 is 29.3 Å². The van der Waals surface area contributed by atoms with Crippen LogP contribution in [-0.2, 0) is 19.1 Å². The van der Waals surface area contributed by atoms with Gasteiger partial charge in [0.2, 0.25) is 0 Å². The average molecular weight is 447 g/mol. The van der Waals surface area contributed by atoms with Gasteiger partial charge in [-0.2, -0.15) is 0 Å². The van der Waals surface area contributed by atoms with Gasteiger partial charge in [-0.15, -0.1) is 0 Å². The predicted molar refractivity (Wildman–Crippen MR) is 119 cm³/mol. The zero-order valence-corrected chi connectivity index (χ0v) is 20.0. The van der Waals surface area contributed by atoms with Gasteiger partial charge in [0.15, 0.2) is 0 Å². The summed E-state index contributed by atoms with van der Waals surface area (Å²) in [5, 5.41) is 20.6. The number of carboxylic acids is 2. The summed E-state index contributed by atoms with van der Waals surface area (Å²) < 4.78 is 5.41. The molecular formula is C26H38O6.